The zero-order chi connectivity index (χ0) is 19.8. The molecule has 3 aromatic rings. The second-order valence-corrected chi connectivity index (χ2v) is 5.79. The number of nitro benzene ring substituents is 1. The van der Waals surface area contributed by atoms with Crippen LogP contribution in [-0.2, 0) is 6.18 Å². The van der Waals surface area contributed by atoms with Gasteiger partial charge >= 0.3 is 6.18 Å². The number of anilines is 2. The van der Waals surface area contributed by atoms with E-state index in [1.807, 2.05) is 0 Å². The minimum Gasteiger partial charge on any atom is -0.354 e. The maximum Gasteiger partial charge on any atom is 0.418 e. The number of nitrogens with one attached hydrogen (secondary N) is 1. The van der Waals surface area contributed by atoms with Crippen molar-refractivity contribution < 1.29 is 22.9 Å². The van der Waals surface area contributed by atoms with Crippen LogP contribution < -0.4 is 5.32 Å². The van der Waals surface area contributed by atoms with Crippen LogP contribution in [0.25, 0.3) is 10.9 Å². The number of non-ortho nitro benzene ring substituents is 1. The van der Waals surface area contributed by atoms with E-state index in [2.05, 4.69) is 10.3 Å². The van der Waals surface area contributed by atoms with Crippen LogP contribution in [-0.4, -0.2) is 15.1 Å². The third-order valence-corrected chi connectivity index (χ3v) is 3.98. The van der Waals surface area contributed by atoms with Gasteiger partial charge in [0, 0.05) is 29.4 Å². The van der Waals surface area contributed by atoms with E-state index >= 15 is 0 Å². The lowest BCUT2D eigenvalue weighted by atomic mass is 10.1. The second kappa shape index (κ2) is 7.99. The summed E-state index contributed by atoms with van der Waals surface area (Å²) in [6.45, 7) is 0. The molecule has 0 aliphatic carbocycles. The van der Waals surface area contributed by atoms with Gasteiger partial charge in [0.15, 0.2) is 0 Å². The zero-order valence-corrected chi connectivity index (χ0v) is 15.2. The van der Waals surface area contributed by atoms with Crippen molar-refractivity contribution in [3.05, 3.63) is 69.9 Å². The molecular weight excluding hydrogens is 422 g/mol. The van der Waals surface area contributed by atoms with E-state index < -0.39 is 21.9 Å². The molecule has 0 amide bonds. The molecule has 0 fully saturated rings. The van der Waals surface area contributed by atoms with Crippen molar-refractivity contribution in [3.8, 4) is 0 Å². The number of carbonyl (C=O) groups is 1. The molecule has 0 atom stereocenters. The van der Waals surface area contributed by atoms with Gasteiger partial charge in [-0.1, -0.05) is 12.1 Å². The Morgan fingerprint density at radius 3 is 2.46 bits per heavy atom. The summed E-state index contributed by atoms with van der Waals surface area (Å²) in [6.07, 6.45) is -3.44. The molecule has 28 heavy (non-hydrogen) atoms. The van der Waals surface area contributed by atoms with Crippen molar-refractivity contribution in [2.45, 2.75) is 6.18 Å². The Balaban J connectivity index is 0.00000280. The lowest BCUT2D eigenvalue weighted by Crippen LogP contribution is -2.07. The third kappa shape index (κ3) is 4.15. The van der Waals surface area contributed by atoms with E-state index in [0.717, 1.165) is 18.2 Å². The van der Waals surface area contributed by atoms with Crippen LogP contribution in [0, 0.1) is 10.1 Å². The largest absolute Gasteiger partial charge is 0.418 e. The molecule has 0 radical (unpaired) electrons. The molecule has 1 N–H and O–H groups in total. The van der Waals surface area contributed by atoms with Crippen molar-refractivity contribution in [1.29, 1.82) is 0 Å². The Morgan fingerprint density at radius 2 is 1.86 bits per heavy atom. The van der Waals surface area contributed by atoms with Gasteiger partial charge in [0.1, 0.15) is 0 Å². The number of nitro groups is 1. The van der Waals surface area contributed by atoms with Crippen molar-refractivity contribution in [2.75, 3.05) is 5.32 Å². The Kier molecular flexibility index (Phi) is 6.10. The highest BCUT2D eigenvalue weighted by Gasteiger charge is 2.33. The lowest BCUT2D eigenvalue weighted by molar-refractivity contribution is -0.384. The van der Waals surface area contributed by atoms with Gasteiger partial charge < -0.3 is 5.32 Å². The van der Waals surface area contributed by atoms with Gasteiger partial charge in [-0.3, -0.25) is 19.9 Å². The van der Waals surface area contributed by atoms with E-state index in [0.29, 0.717) is 0 Å². The summed E-state index contributed by atoms with van der Waals surface area (Å²) in [5, 5.41) is 13.0. The fraction of sp³-hybridized carbons (Fsp3) is 0.0588. The fourth-order valence-corrected chi connectivity index (χ4v) is 2.74. The summed E-state index contributed by atoms with van der Waals surface area (Å²) in [4.78, 5) is 25.7. The van der Waals surface area contributed by atoms with Crippen LogP contribution in [0.2, 0.25) is 0 Å². The molecule has 0 aliphatic heterocycles. The SMILES string of the molecule is Cl.O=C(Cl)c1ccc([N+](=O)[O-])cc1Nc1ccnc2c(C(F)(F)F)cccc12. The first-order valence-electron chi connectivity index (χ1n) is 7.38. The number of hydrogen-bond acceptors (Lipinski definition) is 5. The second-order valence-electron chi connectivity index (χ2n) is 5.44. The van der Waals surface area contributed by atoms with Crippen molar-refractivity contribution in [3.63, 3.8) is 0 Å². The third-order valence-electron chi connectivity index (χ3n) is 3.77. The first-order chi connectivity index (χ1) is 12.7. The first-order valence-corrected chi connectivity index (χ1v) is 7.76. The smallest absolute Gasteiger partial charge is 0.354 e. The van der Waals surface area contributed by atoms with Crippen LogP contribution in [0.1, 0.15) is 15.9 Å². The highest BCUT2D eigenvalue weighted by Crippen LogP contribution is 2.37. The van der Waals surface area contributed by atoms with Crippen LogP contribution in [0.15, 0.2) is 48.7 Å². The topological polar surface area (TPSA) is 85.1 Å². The summed E-state index contributed by atoms with van der Waals surface area (Å²) in [5.41, 5.74) is -1.40. The molecule has 146 valence electrons. The van der Waals surface area contributed by atoms with E-state index in [4.69, 9.17) is 11.6 Å². The molecule has 0 unspecified atom stereocenters. The Morgan fingerprint density at radius 1 is 1.14 bits per heavy atom. The van der Waals surface area contributed by atoms with Gasteiger partial charge in [0.2, 0.25) is 0 Å². The molecule has 1 aromatic heterocycles. The first kappa shape index (κ1) is 21.4. The lowest BCUT2D eigenvalue weighted by Gasteiger charge is -2.14. The van der Waals surface area contributed by atoms with Gasteiger partial charge in [-0.05, 0) is 29.8 Å². The normalized spacial score (nSPS) is 11.0. The number of halogens is 5. The Bertz CT molecular complexity index is 1070. The maximum absolute atomic E-state index is 13.2. The van der Waals surface area contributed by atoms with Crippen LogP contribution in [0.3, 0.4) is 0 Å². The summed E-state index contributed by atoms with van der Waals surface area (Å²) in [6, 6.07) is 8.28. The molecule has 6 nitrogen and oxygen atoms in total. The molecule has 11 heteroatoms. The molecular formula is C17H10Cl2F3N3O3. The number of rotatable bonds is 4. The van der Waals surface area contributed by atoms with Crippen LogP contribution in [0.5, 0.6) is 0 Å². The number of hydrogen-bond donors (Lipinski definition) is 1. The number of aromatic nitrogens is 1. The highest BCUT2D eigenvalue weighted by molar-refractivity contribution is 6.68. The van der Waals surface area contributed by atoms with Crippen molar-refractivity contribution in [2.24, 2.45) is 0 Å². The van der Waals surface area contributed by atoms with Gasteiger partial charge in [-0.25, -0.2) is 0 Å². The number of pyridine rings is 1. The van der Waals surface area contributed by atoms with Crippen molar-refractivity contribution >= 4 is 57.2 Å². The van der Waals surface area contributed by atoms with Crippen LogP contribution >= 0.6 is 24.0 Å². The van der Waals surface area contributed by atoms with E-state index in [1.165, 1.54) is 30.5 Å². The standard InChI is InChI=1S/C17H9ClF3N3O3.ClH/c18-16(25)11-5-4-9(24(26)27)8-14(11)23-13-6-7-22-15-10(13)2-1-3-12(15)17(19,20)21;/h1-8H,(H,22,23);1H. The molecule has 0 saturated heterocycles. The number of benzene rings is 2. The van der Waals surface area contributed by atoms with Gasteiger partial charge in [0.05, 0.1) is 27.3 Å². The Labute approximate surface area is 166 Å². The van der Waals surface area contributed by atoms with Gasteiger partial charge in [-0.2, -0.15) is 13.2 Å². The Hall–Kier alpha value is -2.91. The van der Waals surface area contributed by atoms with Gasteiger partial charge in [-0.15, -0.1) is 12.4 Å². The minimum atomic E-state index is -4.60. The molecule has 1 heterocycles. The average Bonchev–Trinajstić information content (AvgIpc) is 2.60. The van der Waals surface area contributed by atoms with E-state index in [1.54, 1.807) is 0 Å². The summed E-state index contributed by atoms with van der Waals surface area (Å²) < 4.78 is 39.6. The molecule has 3 rings (SSSR count). The molecule has 0 saturated carbocycles. The predicted molar refractivity (Wildman–Crippen MR) is 101 cm³/mol. The zero-order valence-electron chi connectivity index (χ0n) is 13.7. The summed E-state index contributed by atoms with van der Waals surface area (Å²) in [5.74, 6) is 0. The molecule has 0 spiro atoms. The molecule has 0 bridgehead atoms. The average molecular weight is 432 g/mol. The monoisotopic (exact) mass is 431 g/mol. The summed E-state index contributed by atoms with van der Waals surface area (Å²) >= 11 is 5.50. The summed E-state index contributed by atoms with van der Waals surface area (Å²) in [7, 11) is 0. The van der Waals surface area contributed by atoms with Crippen molar-refractivity contribution in [1.82, 2.24) is 4.98 Å². The number of fused-ring (bicyclic) bond motifs is 1. The molecule has 0 aliphatic rings. The predicted octanol–water partition coefficient (Wildman–Crippen LogP) is 5.71. The maximum atomic E-state index is 13.2. The number of carbonyl (C=O) groups excluding carboxylic acids is 1. The van der Waals surface area contributed by atoms with Gasteiger partial charge in [0.25, 0.3) is 10.9 Å². The number of alkyl halides is 3. The minimum absolute atomic E-state index is 0. The van der Waals surface area contributed by atoms with Crippen LogP contribution in [0.4, 0.5) is 30.2 Å². The van der Waals surface area contributed by atoms with E-state index in [9.17, 15) is 28.1 Å². The number of para-hydroxylation sites is 1. The fourth-order valence-electron chi connectivity index (χ4n) is 2.58. The highest BCUT2D eigenvalue weighted by atomic mass is 35.5. The number of nitrogens with zero attached hydrogens (tertiary/aromatic N) is 2. The quantitative estimate of drug-likeness (QED) is 0.325. The van der Waals surface area contributed by atoms with E-state index in [-0.39, 0.29) is 45.9 Å². The molecule has 2 aromatic carbocycles.